The summed E-state index contributed by atoms with van der Waals surface area (Å²) in [4.78, 5) is 11.7. The van der Waals surface area contributed by atoms with Gasteiger partial charge in [0.25, 0.3) is 0 Å². The van der Waals surface area contributed by atoms with Gasteiger partial charge in [-0.3, -0.25) is 0 Å². The summed E-state index contributed by atoms with van der Waals surface area (Å²) >= 11 is 0. The van der Waals surface area contributed by atoms with Crippen molar-refractivity contribution in [1.29, 1.82) is 0 Å². The van der Waals surface area contributed by atoms with Gasteiger partial charge in [-0.05, 0) is 19.3 Å². The highest BCUT2D eigenvalue weighted by molar-refractivity contribution is 5.91. The highest BCUT2D eigenvalue weighted by Crippen LogP contribution is 2.57. The number of rotatable bonds is 0. The topological polar surface area (TPSA) is 66.8 Å². The van der Waals surface area contributed by atoms with Gasteiger partial charge in [-0.25, -0.2) is 4.79 Å². The number of ether oxygens (including phenoxy) is 1. The van der Waals surface area contributed by atoms with Gasteiger partial charge in [0.1, 0.15) is 6.10 Å². The number of hydrogen-bond acceptors (Lipinski definition) is 4. The average molecular weight is 264 g/mol. The fraction of sp³-hybridized carbons (Fsp3) is 0.667. The van der Waals surface area contributed by atoms with Crippen molar-refractivity contribution in [2.45, 2.75) is 44.5 Å². The van der Waals surface area contributed by atoms with Crippen molar-refractivity contribution in [2.75, 3.05) is 0 Å². The van der Waals surface area contributed by atoms with Crippen LogP contribution in [0.1, 0.15) is 26.2 Å². The standard InChI is InChI=1S/C15H20O4/c1-7-4-5-10(17)15(3)6-9(16)11-8(2)14(18)19-13(11)12(7)15/h9-13,16-17H,1-2,4-6H2,3H3/t9-,10-,11+,12+,13-,15+/m0/s1. The molecule has 0 radical (unpaired) electrons. The molecule has 104 valence electrons. The molecule has 3 aliphatic rings. The Bertz CT molecular complexity index is 469. The van der Waals surface area contributed by atoms with E-state index >= 15 is 0 Å². The molecule has 3 rings (SSSR count). The van der Waals surface area contributed by atoms with Crippen molar-refractivity contribution in [2.24, 2.45) is 17.3 Å². The Morgan fingerprint density at radius 2 is 2.05 bits per heavy atom. The minimum atomic E-state index is -0.689. The lowest BCUT2D eigenvalue weighted by molar-refractivity contribution is -0.161. The maximum absolute atomic E-state index is 11.7. The molecule has 1 heterocycles. The van der Waals surface area contributed by atoms with Gasteiger partial charge in [-0.15, -0.1) is 0 Å². The molecule has 3 fully saturated rings. The summed E-state index contributed by atoms with van der Waals surface area (Å²) in [6, 6.07) is 0. The summed E-state index contributed by atoms with van der Waals surface area (Å²) in [5, 5.41) is 20.7. The molecule has 0 aromatic carbocycles. The fourth-order valence-electron chi connectivity index (χ4n) is 4.26. The van der Waals surface area contributed by atoms with E-state index < -0.39 is 29.7 Å². The molecule has 0 amide bonds. The maximum atomic E-state index is 11.7. The molecule has 0 aromatic heterocycles. The second-order valence-electron chi connectivity index (χ2n) is 6.39. The smallest absolute Gasteiger partial charge is 0.334 e. The van der Waals surface area contributed by atoms with Gasteiger partial charge in [-0.1, -0.05) is 25.7 Å². The van der Waals surface area contributed by atoms with Crippen LogP contribution in [-0.4, -0.2) is 34.5 Å². The molecule has 6 atom stereocenters. The van der Waals surface area contributed by atoms with Crippen LogP contribution in [-0.2, 0) is 9.53 Å². The van der Waals surface area contributed by atoms with Crippen molar-refractivity contribution in [3.8, 4) is 0 Å². The third kappa shape index (κ3) is 1.56. The number of carbonyl (C=O) groups excluding carboxylic acids is 1. The zero-order valence-electron chi connectivity index (χ0n) is 11.1. The Kier molecular flexibility index (Phi) is 2.67. The molecule has 19 heavy (non-hydrogen) atoms. The average Bonchev–Trinajstić information content (AvgIpc) is 2.61. The van der Waals surface area contributed by atoms with Crippen LogP contribution < -0.4 is 0 Å². The van der Waals surface area contributed by atoms with Crippen molar-refractivity contribution < 1.29 is 19.7 Å². The molecule has 1 aliphatic heterocycles. The molecule has 0 unspecified atom stereocenters. The zero-order chi connectivity index (χ0) is 13.9. The Morgan fingerprint density at radius 3 is 2.74 bits per heavy atom. The van der Waals surface area contributed by atoms with Gasteiger partial charge in [0, 0.05) is 16.9 Å². The molecular formula is C15H20O4. The number of aliphatic hydroxyl groups excluding tert-OH is 2. The summed E-state index contributed by atoms with van der Waals surface area (Å²) in [7, 11) is 0. The van der Waals surface area contributed by atoms with Gasteiger partial charge in [0.05, 0.1) is 18.1 Å². The van der Waals surface area contributed by atoms with Crippen LogP contribution >= 0.6 is 0 Å². The SMILES string of the molecule is C=C1C(=O)O[C@H]2[C@H]1[C@@H](O)C[C@@]1(C)[C@@H]2C(=C)CC[C@@H]1O. The Labute approximate surface area is 112 Å². The van der Waals surface area contributed by atoms with Crippen LogP contribution in [0.15, 0.2) is 24.3 Å². The first-order chi connectivity index (χ1) is 8.86. The van der Waals surface area contributed by atoms with Gasteiger partial charge in [0.15, 0.2) is 0 Å². The van der Waals surface area contributed by atoms with Crippen LogP contribution in [0.25, 0.3) is 0 Å². The summed E-state index contributed by atoms with van der Waals surface area (Å²) < 4.78 is 5.43. The highest BCUT2D eigenvalue weighted by Gasteiger charge is 2.61. The summed E-state index contributed by atoms with van der Waals surface area (Å²) in [5.74, 6) is -0.869. The first kappa shape index (κ1) is 12.9. The number of esters is 1. The molecule has 4 heteroatoms. The molecule has 2 N–H and O–H groups in total. The second-order valence-corrected chi connectivity index (χ2v) is 6.39. The minimum absolute atomic E-state index is 0.0900. The van der Waals surface area contributed by atoms with Crippen LogP contribution in [0.3, 0.4) is 0 Å². The van der Waals surface area contributed by atoms with Gasteiger partial charge in [-0.2, -0.15) is 0 Å². The lowest BCUT2D eigenvalue weighted by Gasteiger charge is -2.54. The van der Waals surface area contributed by atoms with E-state index in [1.165, 1.54) is 0 Å². The van der Waals surface area contributed by atoms with Crippen LogP contribution in [0, 0.1) is 17.3 Å². The molecular weight excluding hydrogens is 244 g/mol. The highest BCUT2D eigenvalue weighted by atomic mass is 16.6. The van der Waals surface area contributed by atoms with Crippen LogP contribution in [0.2, 0.25) is 0 Å². The summed E-state index contributed by atoms with van der Waals surface area (Å²) in [6.07, 6.45) is 0.248. The van der Waals surface area contributed by atoms with E-state index in [2.05, 4.69) is 13.2 Å². The fourth-order valence-corrected chi connectivity index (χ4v) is 4.26. The van der Waals surface area contributed by atoms with Crippen molar-refractivity contribution in [1.82, 2.24) is 0 Å². The van der Waals surface area contributed by atoms with E-state index in [0.717, 1.165) is 12.0 Å². The van der Waals surface area contributed by atoms with Crippen LogP contribution in [0.5, 0.6) is 0 Å². The Balaban J connectivity index is 2.05. The third-order valence-corrected chi connectivity index (χ3v) is 5.30. The largest absolute Gasteiger partial charge is 0.458 e. The summed E-state index contributed by atoms with van der Waals surface area (Å²) in [6.45, 7) is 9.81. The van der Waals surface area contributed by atoms with Crippen molar-refractivity contribution in [3.05, 3.63) is 24.3 Å². The normalized spacial score (nSPS) is 49.6. The van der Waals surface area contributed by atoms with Gasteiger partial charge in [0.2, 0.25) is 0 Å². The maximum Gasteiger partial charge on any atom is 0.334 e. The monoisotopic (exact) mass is 264 g/mol. The lowest BCUT2D eigenvalue weighted by atomic mass is 9.53. The first-order valence-corrected chi connectivity index (χ1v) is 6.80. The Hall–Kier alpha value is -1.13. The number of hydrogen-bond donors (Lipinski definition) is 2. The predicted octanol–water partition coefficient (Wildman–Crippen LogP) is 1.18. The molecule has 4 nitrogen and oxygen atoms in total. The quantitative estimate of drug-likeness (QED) is 0.392. The zero-order valence-corrected chi connectivity index (χ0v) is 11.1. The molecule has 1 saturated heterocycles. The van der Waals surface area contributed by atoms with E-state index in [4.69, 9.17) is 4.74 Å². The van der Waals surface area contributed by atoms with Crippen LogP contribution in [0.4, 0.5) is 0 Å². The van der Waals surface area contributed by atoms with E-state index in [-0.39, 0.29) is 11.8 Å². The molecule has 0 aromatic rings. The third-order valence-electron chi connectivity index (χ3n) is 5.30. The molecule has 0 bridgehead atoms. The van der Waals surface area contributed by atoms with E-state index in [1.54, 1.807) is 0 Å². The number of fused-ring (bicyclic) bond motifs is 3. The van der Waals surface area contributed by atoms with Gasteiger partial charge < -0.3 is 14.9 Å². The van der Waals surface area contributed by atoms with Crippen molar-refractivity contribution >= 4 is 5.97 Å². The predicted molar refractivity (Wildman–Crippen MR) is 69.1 cm³/mol. The van der Waals surface area contributed by atoms with Gasteiger partial charge >= 0.3 is 5.97 Å². The van der Waals surface area contributed by atoms with Crippen molar-refractivity contribution in [3.63, 3.8) is 0 Å². The van der Waals surface area contributed by atoms with E-state index in [9.17, 15) is 15.0 Å². The lowest BCUT2D eigenvalue weighted by Crippen LogP contribution is -2.57. The summed E-state index contributed by atoms with van der Waals surface area (Å²) in [5.41, 5.74) is 0.894. The van der Waals surface area contributed by atoms with E-state index in [0.29, 0.717) is 18.4 Å². The molecule has 2 saturated carbocycles. The number of carbonyl (C=O) groups is 1. The number of aliphatic hydroxyl groups is 2. The Morgan fingerprint density at radius 1 is 1.37 bits per heavy atom. The first-order valence-electron chi connectivity index (χ1n) is 6.80. The minimum Gasteiger partial charge on any atom is -0.458 e. The molecule has 2 aliphatic carbocycles. The van der Waals surface area contributed by atoms with E-state index in [1.807, 2.05) is 6.92 Å². The molecule has 0 spiro atoms. The second kappa shape index (κ2) is 3.93.